The van der Waals surface area contributed by atoms with Crippen LogP contribution in [-0.4, -0.2) is 23.2 Å². The topological polar surface area (TPSA) is 58.2 Å². The number of halogens is 1. The molecular weight excluding hydrogens is 284 g/mol. The molecule has 2 N–H and O–H groups in total. The van der Waals surface area contributed by atoms with E-state index in [1.807, 2.05) is 6.92 Å². The standard InChI is InChI=1S/C12H15BrN2O2/c1-3-14-12(17)9-5-4-6-10(7-9)15-11(16)8(2)13/h4-8H,3H2,1-2H3,(H,14,17)(H,15,16). The van der Waals surface area contributed by atoms with Gasteiger partial charge < -0.3 is 10.6 Å². The van der Waals surface area contributed by atoms with Crippen LogP contribution in [0.1, 0.15) is 24.2 Å². The predicted molar refractivity (Wildman–Crippen MR) is 71.5 cm³/mol. The summed E-state index contributed by atoms with van der Waals surface area (Å²) in [6.07, 6.45) is 0. The van der Waals surface area contributed by atoms with Crippen LogP contribution in [-0.2, 0) is 4.79 Å². The lowest BCUT2D eigenvalue weighted by Gasteiger charge is -2.08. The fourth-order valence-electron chi connectivity index (χ4n) is 1.24. The fraction of sp³-hybridized carbons (Fsp3) is 0.333. The van der Waals surface area contributed by atoms with E-state index in [0.717, 1.165) is 0 Å². The highest BCUT2D eigenvalue weighted by molar-refractivity contribution is 9.10. The SMILES string of the molecule is CCNC(=O)c1cccc(NC(=O)C(C)Br)c1. The zero-order valence-electron chi connectivity index (χ0n) is 9.79. The molecule has 17 heavy (non-hydrogen) atoms. The lowest BCUT2D eigenvalue weighted by Crippen LogP contribution is -2.23. The first kappa shape index (κ1) is 13.7. The Morgan fingerprint density at radius 3 is 2.71 bits per heavy atom. The molecule has 5 heteroatoms. The molecule has 1 rings (SSSR count). The highest BCUT2D eigenvalue weighted by Gasteiger charge is 2.10. The summed E-state index contributed by atoms with van der Waals surface area (Å²) >= 11 is 3.18. The van der Waals surface area contributed by atoms with Crippen LogP contribution in [0.4, 0.5) is 5.69 Å². The second-order valence-electron chi connectivity index (χ2n) is 3.55. The minimum atomic E-state index is -0.268. The van der Waals surface area contributed by atoms with Gasteiger partial charge in [0.25, 0.3) is 5.91 Å². The highest BCUT2D eigenvalue weighted by atomic mass is 79.9. The molecule has 1 unspecified atom stereocenters. The van der Waals surface area contributed by atoms with Crippen molar-refractivity contribution in [1.29, 1.82) is 0 Å². The van der Waals surface area contributed by atoms with Crippen LogP contribution in [0, 0.1) is 0 Å². The molecule has 0 spiro atoms. The minimum Gasteiger partial charge on any atom is -0.352 e. The molecule has 0 saturated heterocycles. The van der Waals surface area contributed by atoms with E-state index in [-0.39, 0.29) is 16.6 Å². The molecular formula is C12H15BrN2O2. The molecule has 0 heterocycles. The molecule has 0 aromatic heterocycles. The first-order valence-electron chi connectivity index (χ1n) is 5.37. The van der Waals surface area contributed by atoms with Crippen molar-refractivity contribution in [2.24, 2.45) is 0 Å². The smallest absolute Gasteiger partial charge is 0.251 e. The molecule has 1 aromatic carbocycles. The molecule has 0 radical (unpaired) electrons. The van der Waals surface area contributed by atoms with Gasteiger partial charge in [0, 0.05) is 17.8 Å². The van der Waals surface area contributed by atoms with Crippen molar-refractivity contribution in [3.8, 4) is 0 Å². The largest absolute Gasteiger partial charge is 0.352 e. The Hall–Kier alpha value is -1.36. The molecule has 1 aromatic rings. The van der Waals surface area contributed by atoms with Gasteiger partial charge in [-0.1, -0.05) is 22.0 Å². The zero-order valence-corrected chi connectivity index (χ0v) is 11.4. The number of nitrogens with one attached hydrogen (secondary N) is 2. The fourth-order valence-corrected chi connectivity index (χ4v) is 1.36. The maximum absolute atomic E-state index is 11.6. The van der Waals surface area contributed by atoms with E-state index in [1.54, 1.807) is 31.2 Å². The third-order valence-corrected chi connectivity index (χ3v) is 2.51. The van der Waals surface area contributed by atoms with Gasteiger partial charge in [0.05, 0.1) is 4.83 Å². The third-order valence-electron chi connectivity index (χ3n) is 2.09. The summed E-state index contributed by atoms with van der Waals surface area (Å²) in [5, 5.41) is 5.42. The van der Waals surface area contributed by atoms with Gasteiger partial charge in [0.1, 0.15) is 0 Å². The first-order valence-corrected chi connectivity index (χ1v) is 6.29. The summed E-state index contributed by atoms with van der Waals surface area (Å²) in [5.41, 5.74) is 1.15. The number of benzene rings is 1. The number of carbonyl (C=O) groups excluding carboxylic acids is 2. The van der Waals surface area contributed by atoms with Gasteiger partial charge in [0.2, 0.25) is 5.91 Å². The number of alkyl halides is 1. The van der Waals surface area contributed by atoms with Crippen LogP contribution >= 0.6 is 15.9 Å². The molecule has 0 aliphatic rings. The summed E-state index contributed by atoms with van der Waals surface area (Å²) in [7, 11) is 0. The van der Waals surface area contributed by atoms with E-state index in [0.29, 0.717) is 17.8 Å². The van der Waals surface area contributed by atoms with E-state index < -0.39 is 0 Å². The summed E-state index contributed by atoms with van der Waals surface area (Å²) in [6.45, 7) is 4.17. The molecule has 0 fully saturated rings. The van der Waals surface area contributed by atoms with E-state index in [2.05, 4.69) is 26.6 Å². The van der Waals surface area contributed by atoms with Crippen molar-refractivity contribution < 1.29 is 9.59 Å². The highest BCUT2D eigenvalue weighted by Crippen LogP contribution is 2.12. The average molecular weight is 299 g/mol. The molecule has 0 bridgehead atoms. The second-order valence-corrected chi connectivity index (χ2v) is 4.92. The van der Waals surface area contributed by atoms with Crippen molar-refractivity contribution in [1.82, 2.24) is 5.32 Å². The van der Waals surface area contributed by atoms with Gasteiger partial charge >= 0.3 is 0 Å². The second kappa shape index (κ2) is 6.39. The van der Waals surface area contributed by atoms with E-state index in [1.165, 1.54) is 0 Å². The average Bonchev–Trinajstić information content (AvgIpc) is 2.29. The molecule has 0 aliphatic heterocycles. The van der Waals surface area contributed by atoms with Gasteiger partial charge in [-0.2, -0.15) is 0 Å². The summed E-state index contributed by atoms with van der Waals surface area (Å²) in [5.74, 6) is -0.284. The quantitative estimate of drug-likeness (QED) is 0.837. The minimum absolute atomic E-state index is 0.141. The Bertz CT molecular complexity index is 419. The Kier molecular flexibility index (Phi) is 5.15. The predicted octanol–water partition coefficient (Wildman–Crippen LogP) is 2.16. The lowest BCUT2D eigenvalue weighted by atomic mass is 10.2. The van der Waals surface area contributed by atoms with Crippen molar-refractivity contribution in [2.45, 2.75) is 18.7 Å². The van der Waals surface area contributed by atoms with Gasteiger partial charge in [-0.3, -0.25) is 9.59 Å². The maximum atomic E-state index is 11.6. The van der Waals surface area contributed by atoms with Crippen LogP contribution in [0.5, 0.6) is 0 Å². The summed E-state index contributed by atoms with van der Waals surface area (Å²) in [4.78, 5) is 22.8. The van der Waals surface area contributed by atoms with Crippen LogP contribution in [0.25, 0.3) is 0 Å². The number of rotatable bonds is 4. The number of hydrogen-bond acceptors (Lipinski definition) is 2. The Morgan fingerprint density at radius 2 is 2.12 bits per heavy atom. The number of hydrogen-bond donors (Lipinski definition) is 2. The summed E-state index contributed by atoms with van der Waals surface area (Å²) in [6, 6.07) is 6.84. The van der Waals surface area contributed by atoms with Crippen molar-refractivity contribution >= 4 is 33.4 Å². The monoisotopic (exact) mass is 298 g/mol. The van der Waals surface area contributed by atoms with Gasteiger partial charge in [-0.15, -0.1) is 0 Å². The molecule has 0 saturated carbocycles. The number of amides is 2. The van der Waals surface area contributed by atoms with Crippen LogP contribution in [0.15, 0.2) is 24.3 Å². The number of anilines is 1. The van der Waals surface area contributed by atoms with Crippen molar-refractivity contribution in [3.63, 3.8) is 0 Å². The van der Waals surface area contributed by atoms with E-state index in [9.17, 15) is 9.59 Å². The lowest BCUT2D eigenvalue weighted by molar-refractivity contribution is -0.115. The van der Waals surface area contributed by atoms with Crippen LogP contribution < -0.4 is 10.6 Å². The molecule has 1 atom stereocenters. The zero-order chi connectivity index (χ0) is 12.8. The Morgan fingerprint density at radius 1 is 1.41 bits per heavy atom. The van der Waals surface area contributed by atoms with Gasteiger partial charge in [-0.05, 0) is 32.0 Å². The molecule has 4 nitrogen and oxygen atoms in total. The number of carbonyl (C=O) groups is 2. The van der Waals surface area contributed by atoms with Crippen molar-refractivity contribution in [3.05, 3.63) is 29.8 Å². The first-order chi connectivity index (χ1) is 8.04. The third kappa shape index (κ3) is 4.19. The van der Waals surface area contributed by atoms with Gasteiger partial charge in [0.15, 0.2) is 0 Å². The van der Waals surface area contributed by atoms with Crippen LogP contribution in [0.2, 0.25) is 0 Å². The van der Waals surface area contributed by atoms with Crippen LogP contribution in [0.3, 0.4) is 0 Å². The molecule has 92 valence electrons. The molecule has 2 amide bonds. The van der Waals surface area contributed by atoms with E-state index >= 15 is 0 Å². The maximum Gasteiger partial charge on any atom is 0.251 e. The van der Waals surface area contributed by atoms with Gasteiger partial charge in [-0.25, -0.2) is 0 Å². The normalized spacial score (nSPS) is 11.7. The Labute approximate surface area is 109 Å². The Balaban J connectivity index is 2.79. The van der Waals surface area contributed by atoms with E-state index in [4.69, 9.17) is 0 Å². The van der Waals surface area contributed by atoms with Crippen molar-refractivity contribution in [2.75, 3.05) is 11.9 Å². The molecule has 0 aliphatic carbocycles. The summed E-state index contributed by atoms with van der Waals surface area (Å²) < 4.78 is 0.